The maximum absolute atomic E-state index is 10.8. The molecule has 0 bridgehead atoms. The van der Waals surface area contributed by atoms with Gasteiger partial charge in [-0.3, -0.25) is 9.59 Å². The number of carboxylic acid groups (broad SMARTS) is 2. The van der Waals surface area contributed by atoms with Gasteiger partial charge in [-0.05, 0) is 44.0 Å². The van der Waals surface area contributed by atoms with Crippen molar-refractivity contribution >= 4 is 67.0 Å². The van der Waals surface area contributed by atoms with Crippen molar-refractivity contribution in [2.45, 2.75) is 51.4 Å². The molecule has 2 atom stereocenters. The number of nitrogens with one attached hydrogen (secondary N) is 2. The normalized spacial score (nSPS) is 12.2. The van der Waals surface area contributed by atoms with E-state index < -0.39 is 24.1 Å². The number of hydrogen-bond donors (Lipinski definition) is 6. The second kappa shape index (κ2) is 20.8. The van der Waals surface area contributed by atoms with Crippen LogP contribution in [-0.4, -0.2) is 81.8 Å². The molecular weight excluding hydrogens is 879 g/mol. The Bertz CT molecular complexity index is 1800. The topological polar surface area (TPSA) is 202 Å². The van der Waals surface area contributed by atoms with Crippen LogP contribution >= 0.6 is 55.1 Å². The molecule has 0 aliphatic carbocycles. The molecule has 2 aromatic carbocycles. The Morgan fingerprint density at radius 3 is 1.43 bits per heavy atom. The maximum Gasteiger partial charge on any atom is 0.306 e. The number of pyridine rings is 2. The fourth-order valence-corrected chi connectivity index (χ4v) is 6.71. The van der Waals surface area contributed by atoms with Crippen LogP contribution in [0.2, 0.25) is 10.0 Å². The van der Waals surface area contributed by atoms with Crippen LogP contribution in [0.3, 0.4) is 0 Å². The molecule has 0 saturated carbocycles. The van der Waals surface area contributed by atoms with E-state index in [-0.39, 0.29) is 64.0 Å². The number of halogens is 4. The van der Waals surface area contributed by atoms with Gasteiger partial charge in [-0.1, -0.05) is 59.6 Å². The summed E-state index contributed by atoms with van der Waals surface area (Å²) >= 11 is 20.8. The number of ether oxygens (including phenoxy) is 4. The van der Waals surface area contributed by atoms with E-state index >= 15 is 0 Å². The van der Waals surface area contributed by atoms with Gasteiger partial charge in [-0.2, -0.15) is 9.97 Å². The number of benzene rings is 2. The number of methoxy groups -OCH3 is 2. The predicted molar refractivity (Wildman–Crippen MR) is 207 cm³/mol. The highest BCUT2D eigenvalue weighted by atomic mass is 79.9. The Balaban J connectivity index is 1.43. The number of aliphatic carboxylic acids is 2. The van der Waals surface area contributed by atoms with E-state index in [1.807, 2.05) is 36.4 Å². The minimum atomic E-state index is -1.09. The summed E-state index contributed by atoms with van der Waals surface area (Å²) in [5.74, 6) is -1.08. The molecule has 6 N–H and O–H groups in total. The summed E-state index contributed by atoms with van der Waals surface area (Å²) in [6.45, 7) is 0.812. The summed E-state index contributed by atoms with van der Waals surface area (Å²) in [7, 11) is 2.94. The van der Waals surface area contributed by atoms with Crippen LogP contribution < -0.4 is 29.6 Å². The van der Waals surface area contributed by atoms with Crippen molar-refractivity contribution in [1.82, 2.24) is 20.6 Å². The fourth-order valence-electron chi connectivity index (χ4n) is 5.18. The predicted octanol–water partition coefficient (Wildman–Crippen LogP) is 6.00. The number of rotatable bonds is 21. The molecule has 0 fully saturated rings. The molecule has 2 heterocycles. The van der Waals surface area contributed by atoms with E-state index in [1.54, 1.807) is 12.1 Å². The summed E-state index contributed by atoms with van der Waals surface area (Å²) < 4.78 is 24.1. The second-order valence-electron chi connectivity index (χ2n) is 11.8. The van der Waals surface area contributed by atoms with E-state index in [1.165, 1.54) is 14.2 Å². The molecule has 4 aromatic rings. The van der Waals surface area contributed by atoms with Crippen molar-refractivity contribution < 1.29 is 49.0 Å². The molecule has 0 saturated heterocycles. The fraction of sp³-hybridized carbons (Fsp3) is 0.333. The van der Waals surface area contributed by atoms with E-state index in [0.717, 1.165) is 0 Å². The lowest BCUT2D eigenvalue weighted by molar-refractivity contribution is -0.140. The number of carboxylic acids is 2. The molecule has 0 radical (unpaired) electrons. The van der Waals surface area contributed by atoms with Gasteiger partial charge < -0.3 is 50.0 Å². The summed E-state index contributed by atoms with van der Waals surface area (Å²) in [6.07, 6.45) is -2.82. The molecule has 54 heavy (non-hydrogen) atoms. The molecule has 0 aliphatic rings. The van der Waals surface area contributed by atoms with Crippen LogP contribution in [0.15, 0.2) is 57.5 Å². The monoisotopic (exact) mass is 914 g/mol. The first-order valence-corrected chi connectivity index (χ1v) is 18.6. The molecule has 18 heteroatoms. The van der Waals surface area contributed by atoms with Crippen LogP contribution in [0, 0.1) is 0 Å². The third-order valence-corrected chi connectivity index (χ3v) is 9.77. The van der Waals surface area contributed by atoms with Crippen molar-refractivity contribution in [1.29, 1.82) is 0 Å². The summed E-state index contributed by atoms with van der Waals surface area (Å²) in [4.78, 5) is 30.5. The average Bonchev–Trinajstić information content (AvgIpc) is 3.11. The number of aliphatic hydroxyl groups is 2. The molecule has 4 rings (SSSR count). The Morgan fingerprint density at radius 2 is 1.07 bits per heavy atom. The quantitative estimate of drug-likeness (QED) is 0.0568. The summed E-state index contributed by atoms with van der Waals surface area (Å²) in [5.41, 5.74) is 4.02. The molecule has 0 spiro atoms. The van der Waals surface area contributed by atoms with Gasteiger partial charge in [0.25, 0.3) is 0 Å². The summed E-state index contributed by atoms with van der Waals surface area (Å²) in [5, 5.41) is 44.2. The third kappa shape index (κ3) is 12.1. The van der Waals surface area contributed by atoms with Gasteiger partial charge in [0.05, 0.1) is 58.3 Å². The van der Waals surface area contributed by atoms with Crippen LogP contribution in [-0.2, 0) is 35.9 Å². The van der Waals surface area contributed by atoms with Crippen molar-refractivity contribution in [3.63, 3.8) is 0 Å². The lowest BCUT2D eigenvalue weighted by Crippen LogP contribution is -2.28. The molecule has 14 nitrogen and oxygen atoms in total. The number of aliphatic hydroxyl groups excluding tert-OH is 2. The van der Waals surface area contributed by atoms with Crippen molar-refractivity contribution in [2.24, 2.45) is 0 Å². The van der Waals surface area contributed by atoms with Gasteiger partial charge >= 0.3 is 11.9 Å². The first-order valence-electron chi connectivity index (χ1n) is 16.3. The maximum atomic E-state index is 10.8. The standard InChI is InChI=1S/C36H38Br2Cl2N4O10/c1-51-33-21(13-41-15-23(45)11-29(47)48)9-27(37)35(43-33)53-17-19-5-3-7-25(31(19)39)26-8-4-6-20(32(26)40)18-54-36-28(38)10-22(34(44-36)52-2)14-42-16-24(46)12-30(49)50/h3-10,23-24,41-42,45-46H,11-18H2,1-2H3,(H,47,48)(H,49,50). The Morgan fingerprint density at radius 1 is 0.685 bits per heavy atom. The molecule has 0 amide bonds. The molecule has 0 aliphatic heterocycles. The lowest BCUT2D eigenvalue weighted by Gasteiger charge is -2.16. The third-order valence-electron chi connectivity index (χ3n) is 7.74. The zero-order valence-corrected chi connectivity index (χ0v) is 33.8. The highest BCUT2D eigenvalue weighted by molar-refractivity contribution is 9.10. The highest BCUT2D eigenvalue weighted by Gasteiger charge is 2.19. The van der Waals surface area contributed by atoms with Gasteiger partial charge in [0.1, 0.15) is 13.2 Å². The van der Waals surface area contributed by atoms with Crippen molar-refractivity contribution in [3.8, 4) is 34.6 Å². The molecule has 2 aromatic heterocycles. The largest absolute Gasteiger partial charge is 0.481 e. The zero-order valence-electron chi connectivity index (χ0n) is 29.1. The second-order valence-corrected chi connectivity index (χ2v) is 14.3. The van der Waals surface area contributed by atoms with Crippen molar-refractivity contribution in [3.05, 3.63) is 89.8 Å². The minimum absolute atomic E-state index is 0.0663. The van der Waals surface area contributed by atoms with Crippen molar-refractivity contribution in [2.75, 3.05) is 27.3 Å². The molecule has 2 unspecified atom stereocenters. The molecule has 290 valence electrons. The van der Waals surface area contributed by atoms with Crippen LogP contribution in [0.5, 0.6) is 23.5 Å². The SMILES string of the molecule is COc1nc(OCc2cccc(-c3cccc(COc4nc(OC)c(CNCC(O)CC(=O)O)cc4Br)c3Cl)c2Cl)c(Br)cc1CNCC(O)CC(=O)O. The van der Waals surface area contributed by atoms with Crippen LogP contribution in [0.25, 0.3) is 11.1 Å². The van der Waals surface area contributed by atoms with E-state index in [4.69, 9.17) is 52.4 Å². The van der Waals surface area contributed by atoms with Gasteiger partial charge in [0.2, 0.25) is 23.5 Å². The Hall–Kier alpha value is -3.74. The van der Waals surface area contributed by atoms with Gasteiger partial charge in [0, 0.05) is 59.6 Å². The van der Waals surface area contributed by atoms with Gasteiger partial charge in [-0.15, -0.1) is 0 Å². The Kier molecular flexibility index (Phi) is 16.6. The van der Waals surface area contributed by atoms with E-state index in [9.17, 15) is 19.8 Å². The number of carbonyl (C=O) groups is 2. The average molecular weight is 917 g/mol. The first kappa shape index (κ1) is 43.0. The van der Waals surface area contributed by atoms with Gasteiger partial charge in [-0.25, -0.2) is 0 Å². The number of hydrogen-bond acceptors (Lipinski definition) is 12. The highest BCUT2D eigenvalue weighted by Crippen LogP contribution is 2.38. The Labute approximate surface area is 338 Å². The van der Waals surface area contributed by atoms with E-state index in [0.29, 0.717) is 64.1 Å². The van der Waals surface area contributed by atoms with Crippen LogP contribution in [0.4, 0.5) is 0 Å². The summed E-state index contributed by atoms with van der Waals surface area (Å²) in [6, 6.07) is 14.6. The smallest absolute Gasteiger partial charge is 0.306 e. The minimum Gasteiger partial charge on any atom is -0.481 e. The molecular formula is C36H38Br2Cl2N4O10. The number of aromatic nitrogens is 2. The first-order chi connectivity index (χ1) is 25.8. The van der Waals surface area contributed by atoms with Crippen LogP contribution in [0.1, 0.15) is 35.1 Å². The number of nitrogens with zero attached hydrogens (tertiary/aromatic N) is 2. The van der Waals surface area contributed by atoms with Gasteiger partial charge in [0.15, 0.2) is 0 Å². The zero-order chi connectivity index (χ0) is 39.4. The lowest BCUT2D eigenvalue weighted by atomic mass is 10.0. The van der Waals surface area contributed by atoms with E-state index in [2.05, 4.69) is 52.5 Å².